The number of nitrogens with zero attached hydrogens (tertiary/aromatic N) is 2. The Hall–Kier alpha value is -1.05. The predicted octanol–water partition coefficient (Wildman–Crippen LogP) is 1.45. The Labute approximate surface area is 54.8 Å². The number of aryl methyl sites for hydroxylation is 1. The van der Waals surface area contributed by atoms with Gasteiger partial charge in [0.2, 0.25) is 0 Å². The topological polar surface area (TPSA) is 17.8 Å². The maximum Gasteiger partial charge on any atom is 0.0948 e. The molecular formula is C7H10N2. The van der Waals surface area contributed by atoms with Gasteiger partial charge in [0.1, 0.15) is 0 Å². The van der Waals surface area contributed by atoms with Crippen LogP contribution in [0.15, 0.2) is 19.1 Å². The van der Waals surface area contributed by atoms with Crippen LogP contribution in [-0.2, 0) is 7.05 Å². The Morgan fingerprint density at radius 3 is 2.67 bits per heavy atom. The summed E-state index contributed by atoms with van der Waals surface area (Å²) in [5.41, 5.74) is 2.14. The molecule has 0 saturated heterocycles. The largest absolute Gasteiger partial charge is 0.334 e. The second kappa shape index (κ2) is 2.05. The highest BCUT2D eigenvalue weighted by molar-refractivity contribution is 5.57. The quantitative estimate of drug-likeness (QED) is 0.551. The summed E-state index contributed by atoms with van der Waals surface area (Å²) in [6.07, 6.45) is 3.58. The Morgan fingerprint density at radius 1 is 1.78 bits per heavy atom. The van der Waals surface area contributed by atoms with Gasteiger partial charge in [-0.3, -0.25) is 0 Å². The molecule has 0 aliphatic carbocycles. The van der Waals surface area contributed by atoms with Gasteiger partial charge in [-0.1, -0.05) is 6.58 Å². The first-order valence-corrected chi connectivity index (χ1v) is 2.84. The van der Waals surface area contributed by atoms with Crippen LogP contribution in [0.4, 0.5) is 0 Å². The third-order valence-electron chi connectivity index (χ3n) is 1.25. The fraction of sp³-hybridized carbons (Fsp3) is 0.286. The van der Waals surface area contributed by atoms with Gasteiger partial charge < -0.3 is 4.57 Å². The van der Waals surface area contributed by atoms with Gasteiger partial charge in [0, 0.05) is 7.05 Å². The second-order valence-electron chi connectivity index (χ2n) is 2.17. The van der Waals surface area contributed by atoms with Gasteiger partial charge in [-0.15, -0.1) is 0 Å². The minimum Gasteiger partial charge on any atom is -0.334 e. The van der Waals surface area contributed by atoms with E-state index in [9.17, 15) is 0 Å². The van der Waals surface area contributed by atoms with E-state index >= 15 is 0 Å². The lowest BCUT2D eigenvalue weighted by atomic mass is 10.3. The van der Waals surface area contributed by atoms with E-state index in [0.29, 0.717) is 0 Å². The van der Waals surface area contributed by atoms with Crippen molar-refractivity contribution in [1.29, 1.82) is 0 Å². The zero-order valence-electron chi connectivity index (χ0n) is 5.76. The van der Waals surface area contributed by atoms with E-state index in [1.165, 1.54) is 0 Å². The zero-order valence-corrected chi connectivity index (χ0v) is 5.76. The normalized spacial score (nSPS) is 9.56. The highest BCUT2D eigenvalue weighted by Gasteiger charge is 1.95. The smallest absolute Gasteiger partial charge is 0.0948 e. The standard InChI is InChI=1S/C7H10N2/c1-6(2)7-4-8-5-9(7)3/h4-5H,1H2,2-3H3. The van der Waals surface area contributed by atoms with Gasteiger partial charge >= 0.3 is 0 Å². The molecular weight excluding hydrogens is 112 g/mol. The summed E-state index contributed by atoms with van der Waals surface area (Å²) in [4.78, 5) is 3.95. The van der Waals surface area contributed by atoms with Gasteiger partial charge in [0.05, 0.1) is 18.2 Å². The van der Waals surface area contributed by atoms with Crippen LogP contribution in [0.2, 0.25) is 0 Å². The molecule has 0 saturated carbocycles. The van der Waals surface area contributed by atoms with E-state index in [2.05, 4.69) is 11.6 Å². The van der Waals surface area contributed by atoms with Gasteiger partial charge in [0.25, 0.3) is 0 Å². The Morgan fingerprint density at radius 2 is 2.44 bits per heavy atom. The van der Waals surface area contributed by atoms with Crippen LogP contribution < -0.4 is 0 Å². The lowest BCUT2D eigenvalue weighted by Crippen LogP contribution is -1.89. The summed E-state index contributed by atoms with van der Waals surface area (Å²) in [5, 5.41) is 0. The van der Waals surface area contributed by atoms with E-state index in [1.807, 2.05) is 24.7 Å². The van der Waals surface area contributed by atoms with Crippen molar-refractivity contribution < 1.29 is 0 Å². The molecule has 1 aromatic heterocycles. The summed E-state index contributed by atoms with van der Waals surface area (Å²) in [6, 6.07) is 0. The number of allylic oxidation sites excluding steroid dienone is 1. The molecule has 0 aromatic carbocycles. The van der Waals surface area contributed by atoms with Crippen LogP contribution in [0.5, 0.6) is 0 Å². The van der Waals surface area contributed by atoms with Crippen LogP contribution in [0.1, 0.15) is 12.6 Å². The molecule has 0 radical (unpaired) electrons. The third-order valence-corrected chi connectivity index (χ3v) is 1.25. The lowest BCUT2D eigenvalue weighted by Gasteiger charge is -1.97. The average molecular weight is 122 g/mol. The Balaban J connectivity index is 3.08. The summed E-state index contributed by atoms with van der Waals surface area (Å²) in [7, 11) is 1.96. The Bertz CT molecular complexity index is 223. The van der Waals surface area contributed by atoms with Crippen molar-refractivity contribution in [2.45, 2.75) is 6.92 Å². The van der Waals surface area contributed by atoms with Crippen molar-refractivity contribution >= 4 is 5.57 Å². The maximum atomic E-state index is 3.95. The first kappa shape index (κ1) is 6.08. The summed E-state index contributed by atoms with van der Waals surface area (Å²) in [5.74, 6) is 0. The van der Waals surface area contributed by atoms with Crippen LogP contribution in [0.25, 0.3) is 5.57 Å². The SMILES string of the molecule is C=C(C)c1cncn1C. The van der Waals surface area contributed by atoms with Crippen LogP contribution in [0.3, 0.4) is 0 Å². The van der Waals surface area contributed by atoms with Crippen LogP contribution >= 0.6 is 0 Å². The number of aromatic nitrogens is 2. The summed E-state index contributed by atoms with van der Waals surface area (Å²) >= 11 is 0. The molecule has 2 nitrogen and oxygen atoms in total. The average Bonchev–Trinajstić information content (AvgIpc) is 2.13. The molecule has 2 heteroatoms. The van der Waals surface area contributed by atoms with Crippen molar-refractivity contribution in [3.8, 4) is 0 Å². The molecule has 0 unspecified atom stereocenters. The van der Waals surface area contributed by atoms with Crippen molar-refractivity contribution in [2.24, 2.45) is 7.05 Å². The van der Waals surface area contributed by atoms with Gasteiger partial charge in [-0.2, -0.15) is 0 Å². The van der Waals surface area contributed by atoms with Gasteiger partial charge in [0.15, 0.2) is 0 Å². The molecule has 0 aliphatic rings. The van der Waals surface area contributed by atoms with E-state index < -0.39 is 0 Å². The summed E-state index contributed by atoms with van der Waals surface area (Å²) < 4.78 is 1.95. The fourth-order valence-electron chi connectivity index (χ4n) is 0.768. The van der Waals surface area contributed by atoms with Crippen molar-refractivity contribution in [2.75, 3.05) is 0 Å². The van der Waals surface area contributed by atoms with E-state index in [4.69, 9.17) is 0 Å². The highest BCUT2D eigenvalue weighted by atomic mass is 15.0. The van der Waals surface area contributed by atoms with Gasteiger partial charge in [-0.05, 0) is 12.5 Å². The molecule has 1 aromatic rings. The third kappa shape index (κ3) is 1.02. The van der Waals surface area contributed by atoms with E-state index in [1.54, 1.807) is 6.33 Å². The maximum absolute atomic E-state index is 3.95. The zero-order chi connectivity index (χ0) is 6.85. The molecule has 9 heavy (non-hydrogen) atoms. The van der Waals surface area contributed by atoms with E-state index in [0.717, 1.165) is 11.3 Å². The molecule has 1 heterocycles. The minimum absolute atomic E-state index is 1.05. The molecule has 48 valence electrons. The number of rotatable bonds is 1. The molecule has 0 amide bonds. The molecule has 0 bridgehead atoms. The fourth-order valence-corrected chi connectivity index (χ4v) is 0.768. The minimum atomic E-state index is 1.05. The molecule has 0 aliphatic heterocycles. The first-order valence-electron chi connectivity index (χ1n) is 2.84. The van der Waals surface area contributed by atoms with Crippen molar-refractivity contribution in [1.82, 2.24) is 9.55 Å². The molecule has 0 atom stereocenters. The van der Waals surface area contributed by atoms with Crippen molar-refractivity contribution in [3.05, 3.63) is 24.8 Å². The first-order chi connectivity index (χ1) is 4.22. The second-order valence-corrected chi connectivity index (χ2v) is 2.17. The van der Waals surface area contributed by atoms with Crippen LogP contribution in [-0.4, -0.2) is 9.55 Å². The van der Waals surface area contributed by atoms with Gasteiger partial charge in [-0.25, -0.2) is 4.98 Å². The Kier molecular flexibility index (Phi) is 1.39. The molecule has 0 spiro atoms. The molecule has 1 rings (SSSR count). The predicted molar refractivity (Wildman–Crippen MR) is 37.9 cm³/mol. The number of imidazole rings is 1. The monoisotopic (exact) mass is 122 g/mol. The highest BCUT2D eigenvalue weighted by Crippen LogP contribution is 2.07. The van der Waals surface area contributed by atoms with E-state index in [-0.39, 0.29) is 0 Å². The molecule has 0 fully saturated rings. The van der Waals surface area contributed by atoms with Crippen LogP contribution in [0, 0.1) is 0 Å². The molecule has 0 N–H and O–H groups in total. The summed E-state index contributed by atoms with van der Waals surface area (Å²) in [6.45, 7) is 5.77. The number of hydrogen-bond acceptors (Lipinski definition) is 1. The van der Waals surface area contributed by atoms with Crippen molar-refractivity contribution in [3.63, 3.8) is 0 Å². The number of hydrogen-bond donors (Lipinski definition) is 0. The lowest BCUT2D eigenvalue weighted by molar-refractivity contribution is 0.896.